The lowest BCUT2D eigenvalue weighted by Gasteiger charge is -2.10. The van der Waals surface area contributed by atoms with E-state index in [2.05, 4.69) is 64.6 Å². The van der Waals surface area contributed by atoms with Crippen LogP contribution in [-0.4, -0.2) is 9.97 Å². The van der Waals surface area contributed by atoms with Gasteiger partial charge in [0.1, 0.15) is 0 Å². The summed E-state index contributed by atoms with van der Waals surface area (Å²) in [6, 6.07) is 27.2. The quantitative estimate of drug-likeness (QED) is 0.361. The number of rotatable bonds is 2. The van der Waals surface area contributed by atoms with Gasteiger partial charge in [-0.2, -0.15) is 0 Å². The predicted molar refractivity (Wildman–Crippen MR) is 106 cm³/mol. The lowest BCUT2D eigenvalue weighted by atomic mass is 9.96. The van der Waals surface area contributed by atoms with Crippen LogP contribution >= 0.6 is 11.6 Å². The second kappa shape index (κ2) is 6.08. The Labute approximate surface area is 157 Å². The molecule has 4 aromatic rings. The molecule has 0 fully saturated rings. The van der Waals surface area contributed by atoms with E-state index in [0.717, 1.165) is 28.9 Å². The summed E-state index contributed by atoms with van der Waals surface area (Å²) in [5, 5.41) is 0.304. The minimum absolute atomic E-state index is 0.304. The van der Waals surface area contributed by atoms with Crippen LogP contribution in [0.25, 0.3) is 33.5 Å². The van der Waals surface area contributed by atoms with Gasteiger partial charge in [-0.1, -0.05) is 72.8 Å². The lowest BCUT2D eigenvalue weighted by molar-refractivity contribution is 1.07. The van der Waals surface area contributed by atoms with E-state index in [1.807, 2.05) is 24.3 Å². The van der Waals surface area contributed by atoms with Gasteiger partial charge in [0, 0.05) is 17.5 Å². The first-order chi connectivity index (χ1) is 12.8. The van der Waals surface area contributed by atoms with Crippen molar-refractivity contribution in [2.45, 2.75) is 6.42 Å². The van der Waals surface area contributed by atoms with Gasteiger partial charge in [-0.25, -0.2) is 9.97 Å². The van der Waals surface area contributed by atoms with Crippen LogP contribution in [0.5, 0.6) is 0 Å². The maximum atomic E-state index is 6.23. The number of halogens is 1. The third-order valence-electron chi connectivity index (χ3n) is 4.85. The zero-order chi connectivity index (χ0) is 17.5. The van der Waals surface area contributed by atoms with Gasteiger partial charge in [0.25, 0.3) is 0 Å². The van der Waals surface area contributed by atoms with Crippen molar-refractivity contribution in [1.29, 1.82) is 0 Å². The van der Waals surface area contributed by atoms with E-state index >= 15 is 0 Å². The third-order valence-corrected chi connectivity index (χ3v) is 5.02. The Morgan fingerprint density at radius 2 is 1.38 bits per heavy atom. The molecule has 26 heavy (non-hydrogen) atoms. The highest BCUT2D eigenvalue weighted by Crippen LogP contribution is 2.43. The van der Waals surface area contributed by atoms with Crippen LogP contribution in [0.4, 0.5) is 0 Å². The van der Waals surface area contributed by atoms with E-state index < -0.39 is 0 Å². The van der Waals surface area contributed by atoms with E-state index in [-0.39, 0.29) is 0 Å². The number of nitrogens with zero attached hydrogens (tertiary/aromatic N) is 2. The van der Waals surface area contributed by atoms with E-state index in [0.29, 0.717) is 5.28 Å². The smallest absolute Gasteiger partial charge is 0.222 e. The first-order valence-electron chi connectivity index (χ1n) is 8.60. The van der Waals surface area contributed by atoms with Crippen molar-refractivity contribution in [2.24, 2.45) is 0 Å². The zero-order valence-electron chi connectivity index (χ0n) is 14.0. The van der Waals surface area contributed by atoms with Gasteiger partial charge in [-0.15, -0.1) is 0 Å². The van der Waals surface area contributed by atoms with Crippen LogP contribution in [0.3, 0.4) is 0 Å². The summed E-state index contributed by atoms with van der Waals surface area (Å²) >= 11 is 6.23. The summed E-state index contributed by atoms with van der Waals surface area (Å²) in [5.74, 6) is 0. The number of benzene rings is 3. The largest absolute Gasteiger partial charge is 0.223 e. The molecular formula is C23H15ClN2. The maximum absolute atomic E-state index is 6.23. The average Bonchev–Trinajstić information content (AvgIpc) is 3.06. The molecule has 3 heteroatoms. The zero-order valence-corrected chi connectivity index (χ0v) is 14.7. The van der Waals surface area contributed by atoms with Crippen molar-refractivity contribution >= 4 is 11.6 Å². The second-order valence-electron chi connectivity index (χ2n) is 6.44. The third kappa shape index (κ3) is 2.51. The van der Waals surface area contributed by atoms with E-state index in [1.54, 1.807) is 0 Å². The Bertz CT molecular complexity index is 1110. The van der Waals surface area contributed by atoms with Crippen LogP contribution < -0.4 is 0 Å². The fourth-order valence-electron chi connectivity index (χ4n) is 3.65. The summed E-state index contributed by atoms with van der Waals surface area (Å²) < 4.78 is 0. The molecule has 124 valence electrons. The fourth-order valence-corrected chi connectivity index (χ4v) is 3.83. The average molecular weight is 355 g/mol. The minimum atomic E-state index is 0.304. The molecule has 1 aliphatic rings. The van der Waals surface area contributed by atoms with Crippen molar-refractivity contribution in [3.63, 3.8) is 0 Å². The molecule has 1 aliphatic carbocycles. The Hall–Kier alpha value is -2.97. The van der Waals surface area contributed by atoms with Crippen LogP contribution in [0.1, 0.15) is 11.3 Å². The van der Waals surface area contributed by atoms with Crippen LogP contribution in [0, 0.1) is 0 Å². The molecule has 1 heterocycles. The molecule has 0 aliphatic heterocycles. The molecule has 0 amide bonds. The monoisotopic (exact) mass is 354 g/mol. The van der Waals surface area contributed by atoms with Crippen molar-refractivity contribution in [3.8, 4) is 33.5 Å². The van der Waals surface area contributed by atoms with Crippen molar-refractivity contribution in [1.82, 2.24) is 9.97 Å². The van der Waals surface area contributed by atoms with Gasteiger partial charge < -0.3 is 0 Å². The van der Waals surface area contributed by atoms with Crippen LogP contribution in [-0.2, 0) is 6.42 Å². The Kier molecular flexibility index (Phi) is 3.58. The summed E-state index contributed by atoms with van der Waals surface area (Å²) in [5.41, 5.74) is 8.96. The van der Waals surface area contributed by atoms with Gasteiger partial charge >= 0.3 is 0 Å². The van der Waals surface area contributed by atoms with E-state index in [9.17, 15) is 0 Å². The summed E-state index contributed by atoms with van der Waals surface area (Å²) in [4.78, 5) is 9.08. The van der Waals surface area contributed by atoms with Gasteiger partial charge in [-0.3, -0.25) is 0 Å². The first-order valence-corrected chi connectivity index (χ1v) is 8.98. The van der Waals surface area contributed by atoms with Gasteiger partial charge in [-0.05, 0) is 39.9 Å². The Morgan fingerprint density at radius 3 is 2.12 bits per heavy atom. The molecule has 2 nitrogen and oxygen atoms in total. The molecular weight excluding hydrogens is 340 g/mol. The molecule has 0 radical (unpaired) electrons. The normalized spacial score (nSPS) is 11.9. The predicted octanol–water partition coefficient (Wildman–Crippen LogP) is 6.04. The standard InChI is InChI=1S/C23H15ClN2/c24-23-25-20-14-18-12-11-17(15-7-3-1-4-8-15)13-19(18)21(20)22(26-23)16-9-5-2-6-10-16/h1-13H,14H2. The first kappa shape index (κ1) is 15.3. The van der Waals surface area contributed by atoms with E-state index in [1.165, 1.54) is 22.3 Å². The van der Waals surface area contributed by atoms with Crippen molar-refractivity contribution in [2.75, 3.05) is 0 Å². The number of hydrogen-bond donors (Lipinski definition) is 0. The second-order valence-corrected chi connectivity index (χ2v) is 6.78. The van der Waals surface area contributed by atoms with Crippen LogP contribution in [0.15, 0.2) is 78.9 Å². The van der Waals surface area contributed by atoms with Crippen LogP contribution in [0.2, 0.25) is 5.28 Å². The highest BCUT2D eigenvalue weighted by atomic mass is 35.5. The Morgan fingerprint density at radius 1 is 0.692 bits per heavy atom. The van der Waals surface area contributed by atoms with Crippen molar-refractivity contribution < 1.29 is 0 Å². The van der Waals surface area contributed by atoms with E-state index in [4.69, 9.17) is 11.6 Å². The molecule has 5 rings (SSSR count). The number of fused-ring (bicyclic) bond motifs is 3. The maximum Gasteiger partial charge on any atom is 0.223 e. The molecule has 0 saturated carbocycles. The molecule has 0 N–H and O–H groups in total. The highest BCUT2D eigenvalue weighted by Gasteiger charge is 2.25. The molecule has 0 saturated heterocycles. The number of aromatic nitrogens is 2. The molecule has 0 bridgehead atoms. The van der Waals surface area contributed by atoms with Gasteiger partial charge in [0.15, 0.2) is 0 Å². The summed E-state index contributed by atoms with van der Waals surface area (Å²) in [7, 11) is 0. The molecule has 0 unspecified atom stereocenters. The topological polar surface area (TPSA) is 25.8 Å². The number of hydrogen-bond acceptors (Lipinski definition) is 2. The SMILES string of the molecule is Clc1nc2c(c(-c3ccccc3)n1)-c1cc(-c3ccccc3)ccc1C2. The summed E-state index contributed by atoms with van der Waals surface area (Å²) in [6.45, 7) is 0. The fraction of sp³-hybridized carbons (Fsp3) is 0.0435. The minimum Gasteiger partial charge on any atom is -0.222 e. The summed E-state index contributed by atoms with van der Waals surface area (Å²) in [6.07, 6.45) is 0.793. The molecule has 0 spiro atoms. The molecule has 0 atom stereocenters. The Balaban J connectivity index is 1.74. The van der Waals surface area contributed by atoms with Gasteiger partial charge in [0.05, 0.1) is 11.4 Å². The molecule has 3 aromatic carbocycles. The van der Waals surface area contributed by atoms with Gasteiger partial charge in [0.2, 0.25) is 5.28 Å². The lowest BCUT2D eigenvalue weighted by Crippen LogP contribution is -1.95. The highest BCUT2D eigenvalue weighted by molar-refractivity contribution is 6.28. The van der Waals surface area contributed by atoms with Crippen molar-refractivity contribution in [3.05, 3.63) is 95.4 Å². The molecule has 1 aromatic heterocycles.